The van der Waals surface area contributed by atoms with E-state index in [1.165, 1.54) is 0 Å². The predicted molar refractivity (Wildman–Crippen MR) is 65.3 cm³/mol. The molecule has 1 aromatic rings. The largest absolute Gasteiger partial charge is 0.302 e. The molecule has 0 bridgehead atoms. The van der Waals surface area contributed by atoms with E-state index in [0.29, 0.717) is 6.29 Å². The van der Waals surface area contributed by atoms with Gasteiger partial charge < -0.3 is 4.79 Å². The zero-order valence-electron chi connectivity index (χ0n) is 8.13. The van der Waals surface area contributed by atoms with Crippen LogP contribution >= 0.6 is 27.7 Å². The first-order chi connectivity index (χ1) is 7.72. The van der Waals surface area contributed by atoms with E-state index in [0.717, 1.165) is 21.8 Å². The zero-order valence-corrected chi connectivity index (χ0v) is 10.5. The summed E-state index contributed by atoms with van der Waals surface area (Å²) >= 11 is 4.24. The van der Waals surface area contributed by atoms with Crippen LogP contribution in [0.15, 0.2) is 28.7 Å². The van der Waals surface area contributed by atoms with Crippen molar-refractivity contribution in [2.45, 2.75) is 5.25 Å². The summed E-state index contributed by atoms with van der Waals surface area (Å²) in [6, 6.07) is 9.16. The molecular formula is C11H7BrN2OS. The summed E-state index contributed by atoms with van der Waals surface area (Å²) in [4.78, 5) is 10.8. The first kappa shape index (κ1) is 12.8. The van der Waals surface area contributed by atoms with Crippen LogP contribution in [-0.2, 0) is 4.79 Å². The lowest BCUT2D eigenvalue weighted by atomic mass is 10.0. The van der Waals surface area contributed by atoms with Gasteiger partial charge in [0.2, 0.25) is 0 Å². The van der Waals surface area contributed by atoms with Crippen molar-refractivity contribution in [3.05, 3.63) is 34.3 Å². The van der Waals surface area contributed by atoms with E-state index in [2.05, 4.69) is 15.9 Å². The van der Waals surface area contributed by atoms with Crippen molar-refractivity contribution in [3.8, 4) is 11.5 Å². The summed E-state index contributed by atoms with van der Waals surface area (Å²) in [5.41, 5.74) is 0.791. The number of nitrogens with zero attached hydrogens (tertiary/aromatic N) is 2. The Balaban J connectivity index is 3.08. The zero-order chi connectivity index (χ0) is 12.0. The smallest absolute Gasteiger partial charge is 0.138 e. The van der Waals surface area contributed by atoms with Gasteiger partial charge in [0.15, 0.2) is 0 Å². The number of hydrogen-bond acceptors (Lipinski definition) is 4. The SMILES string of the molecule is N#CS[C@H](c1cccc(Br)c1)[C@H](C#N)C=O. The van der Waals surface area contributed by atoms with E-state index in [9.17, 15) is 4.79 Å². The van der Waals surface area contributed by atoms with Crippen molar-refractivity contribution >= 4 is 34.0 Å². The molecule has 0 aromatic heterocycles. The summed E-state index contributed by atoms with van der Waals surface area (Å²) in [5.74, 6) is -0.807. The second kappa shape index (κ2) is 6.32. The first-order valence-corrected chi connectivity index (χ1v) is 6.05. The molecule has 0 aliphatic carbocycles. The molecule has 2 atom stereocenters. The van der Waals surface area contributed by atoms with Gasteiger partial charge in [0.1, 0.15) is 17.6 Å². The normalized spacial score (nSPS) is 13.2. The van der Waals surface area contributed by atoms with Crippen LogP contribution in [0.25, 0.3) is 0 Å². The molecule has 3 nitrogen and oxygen atoms in total. The predicted octanol–water partition coefficient (Wildman–Crippen LogP) is 3.04. The Morgan fingerprint density at radius 3 is 2.69 bits per heavy atom. The number of halogens is 1. The molecule has 0 fully saturated rings. The lowest BCUT2D eigenvalue weighted by molar-refractivity contribution is -0.109. The van der Waals surface area contributed by atoms with Gasteiger partial charge >= 0.3 is 0 Å². The van der Waals surface area contributed by atoms with Crippen molar-refractivity contribution in [1.29, 1.82) is 10.5 Å². The number of benzene rings is 1. The van der Waals surface area contributed by atoms with E-state index >= 15 is 0 Å². The Labute approximate surface area is 106 Å². The highest BCUT2D eigenvalue weighted by molar-refractivity contribution is 9.10. The molecule has 0 unspecified atom stereocenters. The molecule has 16 heavy (non-hydrogen) atoms. The minimum atomic E-state index is -0.807. The second-order valence-corrected chi connectivity index (χ2v) is 4.82. The molecule has 0 spiro atoms. The highest BCUT2D eigenvalue weighted by Gasteiger charge is 2.23. The summed E-state index contributed by atoms with van der Waals surface area (Å²) in [6.45, 7) is 0. The molecular weight excluding hydrogens is 288 g/mol. The van der Waals surface area contributed by atoms with E-state index in [1.54, 1.807) is 6.07 Å². The second-order valence-electron chi connectivity index (χ2n) is 2.98. The molecule has 0 aliphatic heterocycles. The molecule has 0 saturated heterocycles. The number of rotatable bonds is 4. The minimum absolute atomic E-state index is 0.440. The molecule has 1 rings (SSSR count). The quantitative estimate of drug-likeness (QED) is 0.632. The van der Waals surface area contributed by atoms with Crippen molar-refractivity contribution < 1.29 is 4.79 Å². The van der Waals surface area contributed by atoms with Crippen LogP contribution in [0.4, 0.5) is 0 Å². The van der Waals surface area contributed by atoms with Gasteiger partial charge in [-0.3, -0.25) is 0 Å². The fraction of sp³-hybridized carbons (Fsp3) is 0.182. The number of hydrogen-bond donors (Lipinski definition) is 0. The van der Waals surface area contributed by atoms with Crippen LogP contribution in [0.1, 0.15) is 10.8 Å². The maximum Gasteiger partial charge on any atom is 0.138 e. The van der Waals surface area contributed by atoms with Gasteiger partial charge in [-0.25, -0.2) is 0 Å². The van der Waals surface area contributed by atoms with Crippen LogP contribution in [-0.4, -0.2) is 6.29 Å². The molecule has 0 heterocycles. The maximum atomic E-state index is 10.8. The van der Waals surface area contributed by atoms with E-state index in [4.69, 9.17) is 10.5 Å². The summed E-state index contributed by atoms with van der Waals surface area (Å²) in [5, 5.41) is 19.0. The van der Waals surface area contributed by atoms with Crippen LogP contribution in [0, 0.1) is 27.9 Å². The molecule has 5 heteroatoms. The Kier molecular flexibility index (Phi) is 5.04. The van der Waals surface area contributed by atoms with Crippen molar-refractivity contribution in [2.24, 2.45) is 5.92 Å². The van der Waals surface area contributed by atoms with Crippen molar-refractivity contribution in [2.75, 3.05) is 0 Å². The molecule has 0 N–H and O–H groups in total. The van der Waals surface area contributed by atoms with Gasteiger partial charge in [-0.2, -0.15) is 10.5 Å². The van der Waals surface area contributed by atoms with Gasteiger partial charge in [-0.05, 0) is 29.5 Å². The Hall–Kier alpha value is -1.30. The third-order valence-electron chi connectivity index (χ3n) is 1.98. The van der Waals surface area contributed by atoms with Gasteiger partial charge in [-0.1, -0.05) is 28.1 Å². The lowest BCUT2D eigenvalue weighted by Crippen LogP contribution is -2.09. The summed E-state index contributed by atoms with van der Waals surface area (Å²) in [6.07, 6.45) is 0.579. The third kappa shape index (κ3) is 3.10. The van der Waals surface area contributed by atoms with Crippen LogP contribution < -0.4 is 0 Å². The highest BCUT2D eigenvalue weighted by Crippen LogP contribution is 2.35. The number of nitriles is 2. The highest BCUT2D eigenvalue weighted by atomic mass is 79.9. The standard InChI is InChI=1S/C11H7BrN2OS/c12-10-3-1-2-8(4-10)11(16-7-14)9(5-13)6-15/h1-4,6,9,11H/t9-,11-/m1/s1. The Morgan fingerprint density at radius 2 is 2.19 bits per heavy atom. The number of carbonyl (C=O) groups is 1. The number of aldehydes is 1. The molecule has 80 valence electrons. The van der Waals surface area contributed by atoms with E-state index < -0.39 is 11.2 Å². The maximum absolute atomic E-state index is 10.8. The van der Waals surface area contributed by atoms with Crippen LogP contribution in [0.3, 0.4) is 0 Å². The van der Waals surface area contributed by atoms with E-state index in [1.807, 2.05) is 29.7 Å². The minimum Gasteiger partial charge on any atom is -0.302 e. The molecule has 0 amide bonds. The number of thiocyanates is 1. The summed E-state index contributed by atoms with van der Waals surface area (Å²) < 4.78 is 0.858. The van der Waals surface area contributed by atoms with E-state index in [-0.39, 0.29) is 0 Å². The van der Waals surface area contributed by atoms with Gasteiger partial charge in [0, 0.05) is 4.47 Å². The first-order valence-electron chi connectivity index (χ1n) is 4.38. The van der Waals surface area contributed by atoms with Gasteiger partial charge in [0.25, 0.3) is 0 Å². The molecule has 1 aromatic carbocycles. The van der Waals surface area contributed by atoms with Gasteiger partial charge in [0.05, 0.1) is 11.3 Å². The van der Waals surface area contributed by atoms with Crippen molar-refractivity contribution in [3.63, 3.8) is 0 Å². The number of carbonyl (C=O) groups excluding carboxylic acids is 1. The fourth-order valence-electron chi connectivity index (χ4n) is 1.26. The van der Waals surface area contributed by atoms with Crippen LogP contribution in [0.2, 0.25) is 0 Å². The summed E-state index contributed by atoms with van der Waals surface area (Å²) in [7, 11) is 0. The fourth-order valence-corrected chi connectivity index (χ4v) is 2.34. The Morgan fingerprint density at radius 1 is 1.44 bits per heavy atom. The lowest BCUT2D eigenvalue weighted by Gasteiger charge is -2.14. The van der Waals surface area contributed by atoms with Crippen LogP contribution in [0.5, 0.6) is 0 Å². The van der Waals surface area contributed by atoms with Crippen molar-refractivity contribution in [1.82, 2.24) is 0 Å². The number of thioether (sulfide) groups is 1. The molecule has 0 aliphatic rings. The third-order valence-corrected chi connectivity index (χ3v) is 3.40. The average Bonchev–Trinajstić information content (AvgIpc) is 2.29. The molecule has 0 radical (unpaired) electrons. The van der Waals surface area contributed by atoms with Gasteiger partial charge in [-0.15, -0.1) is 0 Å². The topological polar surface area (TPSA) is 64.7 Å². The Bertz CT molecular complexity index is 464. The molecule has 0 saturated carbocycles. The average molecular weight is 295 g/mol. The monoisotopic (exact) mass is 294 g/mol.